The van der Waals surface area contributed by atoms with E-state index in [4.69, 9.17) is 5.73 Å². The first kappa shape index (κ1) is 12.2. The molecule has 2 aromatic rings. The summed E-state index contributed by atoms with van der Waals surface area (Å²) >= 11 is 0. The smallest absolute Gasteiger partial charge is 0.0513 e. The number of fused-ring (bicyclic) bond motifs is 1. The van der Waals surface area contributed by atoms with Crippen molar-refractivity contribution in [3.8, 4) is 0 Å². The summed E-state index contributed by atoms with van der Waals surface area (Å²) in [5, 5.41) is 1.31. The summed E-state index contributed by atoms with van der Waals surface area (Å²) in [5.41, 5.74) is 10.3. The second kappa shape index (κ2) is 4.53. The fourth-order valence-corrected chi connectivity index (χ4v) is 2.49. The first-order chi connectivity index (χ1) is 8.06. The Kier molecular flexibility index (Phi) is 3.25. The summed E-state index contributed by atoms with van der Waals surface area (Å²) in [6, 6.07) is 6.64. The van der Waals surface area contributed by atoms with Crippen LogP contribution in [0, 0.1) is 5.92 Å². The van der Waals surface area contributed by atoms with Gasteiger partial charge in [0.25, 0.3) is 0 Å². The minimum atomic E-state index is 0.116. The minimum Gasteiger partial charge on any atom is -0.350 e. The van der Waals surface area contributed by atoms with Gasteiger partial charge in [-0.3, -0.25) is 0 Å². The number of para-hydroxylation sites is 1. The van der Waals surface area contributed by atoms with Crippen molar-refractivity contribution < 1.29 is 0 Å². The predicted molar refractivity (Wildman–Crippen MR) is 74.1 cm³/mol. The molecule has 1 unspecified atom stereocenters. The van der Waals surface area contributed by atoms with Gasteiger partial charge in [0.1, 0.15) is 0 Å². The maximum Gasteiger partial charge on any atom is 0.0513 e. The molecule has 1 aromatic heterocycles. The molecular weight excluding hydrogens is 208 g/mol. The second-order valence-corrected chi connectivity index (χ2v) is 5.13. The molecule has 1 heterocycles. The highest BCUT2D eigenvalue weighted by Crippen LogP contribution is 2.30. The summed E-state index contributed by atoms with van der Waals surface area (Å²) in [6.07, 6.45) is 3.25. The average Bonchev–Trinajstić information content (AvgIpc) is 2.66. The van der Waals surface area contributed by atoms with E-state index in [0.29, 0.717) is 5.92 Å². The van der Waals surface area contributed by atoms with Gasteiger partial charge in [-0.2, -0.15) is 0 Å². The SMILES string of the molecule is CCc1cccc2c(C(N)C(C)C)cn(C)c12. The number of rotatable bonds is 3. The van der Waals surface area contributed by atoms with Gasteiger partial charge in [0.15, 0.2) is 0 Å². The Balaban J connectivity index is 2.68. The van der Waals surface area contributed by atoms with E-state index in [2.05, 4.69) is 56.8 Å². The van der Waals surface area contributed by atoms with Crippen molar-refractivity contribution in [2.24, 2.45) is 18.7 Å². The fourth-order valence-electron chi connectivity index (χ4n) is 2.49. The molecule has 1 aromatic carbocycles. The third-order valence-electron chi connectivity index (χ3n) is 3.57. The van der Waals surface area contributed by atoms with E-state index in [1.54, 1.807) is 0 Å². The van der Waals surface area contributed by atoms with Gasteiger partial charge in [-0.05, 0) is 23.5 Å². The van der Waals surface area contributed by atoms with Crippen LogP contribution in [0.4, 0.5) is 0 Å². The van der Waals surface area contributed by atoms with Gasteiger partial charge in [-0.25, -0.2) is 0 Å². The molecule has 17 heavy (non-hydrogen) atoms. The Morgan fingerprint density at radius 1 is 1.29 bits per heavy atom. The number of nitrogens with two attached hydrogens (primary N) is 1. The highest BCUT2D eigenvalue weighted by Gasteiger charge is 2.17. The van der Waals surface area contributed by atoms with E-state index in [-0.39, 0.29) is 6.04 Å². The van der Waals surface area contributed by atoms with Crippen molar-refractivity contribution in [1.29, 1.82) is 0 Å². The molecule has 2 rings (SSSR count). The second-order valence-electron chi connectivity index (χ2n) is 5.13. The topological polar surface area (TPSA) is 30.9 Å². The standard InChI is InChI=1S/C15H22N2/c1-5-11-7-6-8-12-13(14(16)10(2)3)9-17(4)15(11)12/h6-10,14H,5,16H2,1-4H3. The van der Waals surface area contributed by atoms with Crippen LogP contribution in [0.5, 0.6) is 0 Å². The van der Waals surface area contributed by atoms with Crippen LogP contribution in [0.25, 0.3) is 10.9 Å². The third kappa shape index (κ3) is 1.98. The van der Waals surface area contributed by atoms with Crippen LogP contribution in [0.15, 0.2) is 24.4 Å². The van der Waals surface area contributed by atoms with Crippen molar-refractivity contribution in [2.45, 2.75) is 33.2 Å². The molecule has 0 aliphatic rings. The number of hydrogen-bond donors (Lipinski definition) is 1. The number of nitrogens with zero attached hydrogens (tertiary/aromatic N) is 1. The number of aryl methyl sites for hydroxylation is 2. The lowest BCUT2D eigenvalue weighted by Gasteiger charge is -2.14. The van der Waals surface area contributed by atoms with Gasteiger partial charge < -0.3 is 10.3 Å². The molecule has 0 bridgehead atoms. The largest absolute Gasteiger partial charge is 0.350 e. The normalized spacial score (nSPS) is 13.5. The van der Waals surface area contributed by atoms with Gasteiger partial charge in [0.2, 0.25) is 0 Å². The van der Waals surface area contributed by atoms with Gasteiger partial charge in [0, 0.05) is 24.7 Å². The van der Waals surface area contributed by atoms with E-state index >= 15 is 0 Å². The molecule has 92 valence electrons. The van der Waals surface area contributed by atoms with E-state index in [0.717, 1.165) is 6.42 Å². The Bertz CT molecular complexity index is 523. The minimum absolute atomic E-state index is 0.116. The molecule has 0 aliphatic heterocycles. The fraction of sp³-hybridized carbons (Fsp3) is 0.467. The summed E-state index contributed by atoms with van der Waals surface area (Å²) in [4.78, 5) is 0. The highest BCUT2D eigenvalue weighted by atomic mass is 14.9. The van der Waals surface area contributed by atoms with Crippen LogP contribution in [0.3, 0.4) is 0 Å². The number of aromatic nitrogens is 1. The van der Waals surface area contributed by atoms with E-state index in [9.17, 15) is 0 Å². The summed E-state index contributed by atoms with van der Waals surface area (Å²) in [6.45, 7) is 6.55. The zero-order valence-corrected chi connectivity index (χ0v) is 11.2. The third-order valence-corrected chi connectivity index (χ3v) is 3.57. The first-order valence-corrected chi connectivity index (χ1v) is 6.38. The van der Waals surface area contributed by atoms with Crippen LogP contribution in [0.1, 0.15) is 37.9 Å². The van der Waals surface area contributed by atoms with Crippen molar-refractivity contribution in [3.05, 3.63) is 35.5 Å². The number of hydrogen-bond acceptors (Lipinski definition) is 1. The lowest BCUT2D eigenvalue weighted by molar-refractivity contribution is 0.516. The van der Waals surface area contributed by atoms with Crippen LogP contribution >= 0.6 is 0 Å². The van der Waals surface area contributed by atoms with E-state index < -0.39 is 0 Å². The van der Waals surface area contributed by atoms with Crippen LogP contribution in [-0.4, -0.2) is 4.57 Å². The zero-order chi connectivity index (χ0) is 12.6. The molecular formula is C15H22N2. The van der Waals surface area contributed by atoms with Gasteiger partial charge >= 0.3 is 0 Å². The van der Waals surface area contributed by atoms with Crippen molar-refractivity contribution in [2.75, 3.05) is 0 Å². The molecule has 2 N–H and O–H groups in total. The molecule has 2 nitrogen and oxygen atoms in total. The van der Waals surface area contributed by atoms with Crippen molar-refractivity contribution in [3.63, 3.8) is 0 Å². The molecule has 0 saturated heterocycles. The molecule has 0 fully saturated rings. The maximum atomic E-state index is 6.30. The monoisotopic (exact) mass is 230 g/mol. The van der Waals surface area contributed by atoms with Crippen LogP contribution in [0.2, 0.25) is 0 Å². The lowest BCUT2D eigenvalue weighted by atomic mass is 9.96. The van der Waals surface area contributed by atoms with Crippen molar-refractivity contribution >= 4 is 10.9 Å². The average molecular weight is 230 g/mol. The molecule has 0 saturated carbocycles. The lowest BCUT2D eigenvalue weighted by Crippen LogP contribution is -2.16. The van der Waals surface area contributed by atoms with E-state index in [1.807, 2.05) is 0 Å². The Morgan fingerprint density at radius 2 is 2.00 bits per heavy atom. The van der Waals surface area contributed by atoms with E-state index in [1.165, 1.54) is 22.0 Å². The number of benzene rings is 1. The van der Waals surface area contributed by atoms with Crippen molar-refractivity contribution in [1.82, 2.24) is 4.57 Å². The molecule has 2 heteroatoms. The molecule has 0 aliphatic carbocycles. The molecule has 0 amide bonds. The summed E-state index contributed by atoms with van der Waals surface area (Å²) in [7, 11) is 2.11. The molecule has 0 radical (unpaired) electrons. The Labute approximate surface area is 103 Å². The molecule has 1 atom stereocenters. The maximum absolute atomic E-state index is 6.30. The van der Waals surface area contributed by atoms with Gasteiger partial charge in [-0.1, -0.05) is 39.0 Å². The Hall–Kier alpha value is -1.28. The highest BCUT2D eigenvalue weighted by molar-refractivity contribution is 5.87. The van der Waals surface area contributed by atoms with Gasteiger partial charge in [0.05, 0.1) is 5.52 Å². The summed E-state index contributed by atoms with van der Waals surface area (Å²) < 4.78 is 2.21. The van der Waals surface area contributed by atoms with Crippen LogP contribution < -0.4 is 5.73 Å². The predicted octanol–water partition coefficient (Wildman–Crippen LogP) is 3.40. The quantitative estimate of drug-likeness (QED) is 0.860. The summed E-state index contributed by atoms with van der Waals surface area (Å²) in [5.74, 6) is 0.464. The first-order valence-electron chi connectivity index (χ1n) is 6.38. The van der Waals surface area contributed by atoms with Gasteiger partial charge in [-0.15, -0.1) is 0 Å². The zero-order valence-electron chi connectivity index (χ0n) is 11.2. The Morgan fingerprint density at radius 3 is 2.59 bits per heavy atom. The van der Waals surface area contributed by atoms with Crippen LogP contribution in [-0.2, 0) is 13.5 Å². The molecule has 0 spiro atoms.